The fourth-order valence-electron chi connectivity index (χ4n) is 1.26. The third kappa shape index (κ3) is 3.25. The van der Waals surface area contributed by atoms with E-state index in [1.54, 1.807) is 0 Å². The molecule has 0 bridgehead atoms. The molecule has 0 aliphatic carbocycles. The van der Waals surface area contributed by atoms with Crippen LogP contribution in [0.25, 0.3) is 0 Å². The van der Waals surface area contributed by atoms with Gasteiger partial charge in [0.05, 0.1) is 0 Å². The van der Waals surface area contributed by atoms with E-state index >= 15 is 0 Å². The standard InChI is InChI=1S/C10H15N/c1-2-3-5-10-6-4-8-11-9-7-10/h5,11H,4,6-9H2,1H3/b10-5-. The third-order valence-electron chi connectivity index (χ3n) is 1.89. The highest BCUT2D eigenvalue weighted by Crippen LogP contribution is 2.10. The van der Waals surface area contributed by atoms with Gasteiger partial charge in [0.15, 0.2) is 0 Å². The highest BCUT2D eigenvalue weighted by Gasteiger charge is 2.01. The smallest absolute Gasteiger partial charge is 0.00113 e. The molecule has 11 heavy (non-hydrogen) atoms. The van der Waals surface area contributed by atoms with Crippen molar-refractivity contribution in [3.8, 4) is 11.8 Å². The molecule has 1 heteroatoms. The molecule has 0 aromatic heterocycles. The summed E-state index contributed by atoms with van der Waals surface area (Å²) in [7, 11) is 0. The van der Waals surface area contributed by atoms with Crippen LogP contribution in [0.5, 0.6) is 0 Å². The van der Waals surface area contributed by atoms with E-state index in [0.29, 0.717) is 0 Å². The fourth-order valence-corrected chi connectivity index (χ4v) is 1.26. The van der Waals surface area contributed by atoms with Crippen molar-refractivity contribution in [2.75, 3.05) is 13.1 Å². The van der Waals surface area contributed by atoms with Crippen LogP contribution in [0.4, 0.5) is 0 Å². The lowest BCUT2D eigenvalue weighted by Crippen LogP contribution is -2.13. The molecule has 0 amide bonds. The first-order chi connectivity index (χ1) is 5.43. The summed E-state index contributed by atoms with van der Waals surface area (Å²) in [6.07, 6.45) is 5.74. The van der Waals surface area contributed by atoms with E-state index < -0.39 is 0 Å². The van der Waals surface area contributed by atoms with Gasteiger partial charge in [0.2, 0.25) is 0 Å². The van der Waals surface area contributed by atoms with Gasteiger partial charge in [0.1, 0.15) is 0 Å². The second-order valence-electron chi connectivity index (χ2n) is 2.80. The normalized spacial score (nSPS) is 22.1. The number of hydrogen-bond donors (Lipinski definition) is 1. The number of allylic oxidation sites excluding steroid dienone is 1. The van der Waals surface area contributed by atoms with Gasteiger partial charge in [0.25, 0.3) is 0 Å². The fraction of sp³-hybridized carbons (Fsp3) is 0.600. The highest BCUT2D eigenvalue weighted by atomic mass is 14.8. The van der Waals surface area contributed by atoms with E-state index in [4.69, 9.17) is 0 Å². The van der Waals surface area contributed by atoms with Crippen molar-refractivity contribution < 1.29 is 0 Å². The minimum Gasteiger partial charge on any atom is -0.316 e. The second-order valence-corrected chi connectivity index (χ2v) is 2.80. The summed E-state index contributed by atoms with van der Waals surface area (Å²) in [6.45, 7) is 4.17. The maximum atomic E-state index is 3.36. The molecular weight excluding hydrogens is 134 g/mol. The van der Waals surface area contributed by atoms with E-state index in [0.717, 1.165) is 13.1 Å². The Morgan fingerprint density at radius 3 is 3.09 bits per heavy atom. The van der Waals surface area contributed by atoms with Gasteiger partial charge in [-0.2, -0.15) is 0 Å². The summed E-state index contributed by atoms with van der Waals surface area (Å²) in [6, 6.07) is 0. The molecule has 1 N–H and O–H groups in total. The van der Waals surface area contributed by atoms with Gasteiger partial charge < -0.3 is 5.32 Å². The minimum atomic E-state index is 1.12. The monoisotopic (exact) mass is 149 g/mol. The topological polar surface area (TPSA) is 12.0 Å². The predicted octanol–water partition coefficient (Wildman–Crippen LogP) is 1.71. The van der Waals surface area contributed by atoms with Gasteiger partial charge in [0, 0.05) is 0 Å². The lowest BCUT2D eigenvalue weighted by atomic mass is 10.1. The van der Waals surface area contributed by atoms with Crippen LogP contribution in [-0.4, -0.2) is 13.1 Å². The zero-order valence-corrected chi connectivity index (χ0v) is 7.11. The van der Waals surface area contributed by atoms with E-state index in [9.17, 15) is 0 Å². The van der Waals surface area contributed by atoms with Gasteiger partial charge in [-0.05, 0) is 45.4 Å². The number of nitrogens with one attached hydrogen (secondary N) is 1. The Hall–Kier alpha value is -0.740. The maximum absolute atomic E-state index is 3.36. The lowest BCUT2D eigenvalue weighted by Gasteiger charge is -1.96. The van der Waals surface area contributed by atoms with Crippen molar-refractivity contribution in [3.05, 3.63) is 11.6 Å². The largest absolute Gasteiger partial charge is 0.316 e. The van der Waals surface area contributed by atoms with Crippen LogP contribution < -0.4 is 5.32 Å². The Morgan fingerprint density at radius 1 is 1.36 bits per heavy atom. The lowest BCUT2D eigenvalue weighted by molar-refractivity contribution is 0.703. The molecule has 0 aromatic rings. The molecule has 0 atom stereocenters. The summed E-state index contributed by atoms with van der Waals surface area (Å²) in [5.41, 5.74) is 1.50. The van der Waals surface area contributed by atoms with Gasteiger partial charge >= 0.3 is 0 Å². The highest BCUT2D eigenvalue weighted by molar-refractivity contribution is 5.20. The van der Waals surface area contributed by atoms with E-state index in [2.05, 4.69) is 23.2 Å². The maximum Gasteiger partial charge on any atom is -0.00113 e. The summed E-state index contributed by atoms with van der Waals surface area (Å²) in [4.78, 5) is 0. The van der Waals surface area contributed by atoms with Crippen LogP contribution in [0.3, 0.4) is 0 Å². The Labute approximate surface area is 68.9 Å². The Morgan fingerprint density at radius 2 is 2.27 bits per heavy atom. The van der Waals surface area contributed by atoms with Crippen LogP contribution in [0.15, 0.2) is 11.6 Å². The van der Waals surface area contributed by atoms with E-state index in [1.807, 2.05) is 6.92 Å². The van der Waals surface area contributed by atoms with E-state index in [-0.39, 0.29) is 0 Å². The van der Waals surface area contributed by atoms with E-state index in [1.165, 1.54) is 24.8 Å². The number of hydrogen-bond acceptors (Lipinski definition) is 1. The zero-order valence-electron chi connectivity index (χ0n) is 7.11. The molecule has 1 heterocycles. The molecule has 1 aliphatic rings. The van der Waals surface area contributed by atoms with Crippen LogP contribution in [0.2, 0.25) is 0 Å². The molecule has 1 rings (SSSR count). The van der Waals surface area contributed by atoms with Gasteiger partial charge in [-0.1, -0.05) is 11.5 Å². The molecule has 60 valence electrons. The Kier molecular flexibility index (Phi) is 3.79. The SMILES string of the molecule is CC#C/C=C1/CCCNCC1. The zero-order chi connectivity index (χ0) is 7.94. The molecule has 0 radical (unpaired) electrons. The predicted molar refractivity (Wildman–Crippen MR) is 48.3 cm³/mol. The minimum absolute atomic E-state index is 1.12. The van der Waals surface area contributed by atoms with Crippen molar-refractivity contribution in [2.24, 2.45) is 0 Å². The quantitative estimate of drug-likeness (QED) is 0.517. The first kappa shape index (κ1) is 8.36. The average molecular weight is 149 g/mol. The van der Waals surface area contributed by atoms with Crippen molar-refractivity contribution in [2.45, 2.75) is 26.2 Å². The first-order valence-corrected chi connectivity index (χ1v) is 4.24. The van der Waals surface area contributed by atoms with Crippen LogP contribution >= 0.6 is 0 Å². The third-order valence-corrected chi connectivity index (χ3v) is 1.89. The van der Waals surface area contributed by atoms with Crippen molar-refractivity contribution in [3.63, 3.8) is 0 Å². The molecule has 0 saturated carbocycles. The molecule has 0 unspecified atom stereocenters. The average Bonchev–Trinajstić information content (AvgIpc) is 2.28. The Bertz CT molecular complexity index is 183. The summed E-state index contributed by atoms with van der Waals surface area (Å²) < 4.78 is 0. The van der Waals surface area contributed by atoms with Crippen molar-refractivity contribution >= 4 is 0 Å². The van der Waals surface area contributed by atoms with Gasteiger partial charge in [-0.3, -0.25) is 0 Å². The van der Waals surface area contributed by atoms with Gasteiger partial charge in [-0.25, -0.2) is 0 Å². The van der Waals surface area contributed by atoms with Crippen LogP contribution in [-0.2, 0) is 0 Å². The molecule has 1 aliphatic heterocycles. The molecular formula is C10H15N. The van der Waals surface area contributed by atoms with Crippen molar-refractivity contribution in [1.29, 1.82) is 0 Å². The molecule has 1 fully saturated rings. The summed E-state index contributed by atoms with van der Waals surface area (Å²) in [5, 5.41) is 3.36. The van der Waals surface area contributed by atoms with Gasteiger partial charge in [-0.15, -0.1) is 5.92 Å². The Balaban J connectivity index is 2.46. The molecule has 1 nitrogen and oxygen atoms in total. The molecule has 0 aromatic carbocycles. The van der Waals surface area contributed by atoms with Crippen molar-refractivity contribution in [1.82, 2.24) is 5.32 Å². The number of rotatable bonds is 0. The summed E-state index contributed by atoms with van der Waals surface area (Å²) >= 11 is 0. The van der Waals surface area contributed by atoms with Crippen LogP contribution in [0.1, 0.15) is 26.2 Å². The second kappa shape index (κ2) is 4.98. The first-order valence-electron chi connectivity index (χ1n) is 4.24. The summed E-state index contributed by atoms with van der Waals surface area (Å²) in [5.74, 6) is 5.89. The molecule has 0 spiro atoms. The van der Waals surface area contributed by atoms with Crippen LogP contribution in [0, 0.1) is 11.8 Å². The molecule has 1 saturated heterocycles.